The molecule has 0 spiro atoms. The van der Waals surface area contributed by atoms with Crippen molar-refractivity contribution in [2.75, 3.05) is 0 Å². The van der Waals surface area contributed by atoms with E-state index in [1.807, 2.05) is 0 Å². The van der Waals surface area contributed by atoms with Crippen molar-refractivity contribution >= 4 is 0 Å². The highest BCUT2D eigenvalue weighted by atomic mass is 16.5. The first kappa shape index (κ1) is 6.67. The second-order valence-electron chi connectivity index (χ2n) is 2.06. The topological polar surface area (TPSA) is 69.2 Å². The summed E-state index contributed by atoms with van der Waals surface area (Å²) in [4.78, 5) is 0. The lowest BCUT2D eigenvalue weighted by atomic mass is 10.3. The molecule has 0 aliphatic carbocycles. The summed E-state index contributed by atoms with van der Waals surface area (Å²) in [5, 5.41) is 24.9. The molecule has 0 aromatic carbocycles. The number of pyridine rings is 1. The normalized spacial score (nSPS) is 9.70. The van der Waals surface area contributed by atoms with Crippen molar-refractivity contribution in [3.63, 3.8) is 0 Å². The summed E-state index contributed by atoms with van der Waals surface area (Å²) in [6, 6.07) is 1.37. The van der Waals surface area contributed by atoms with Crippen molar-refractivity contribution in [2.24, 2.45) is 0 Å². The van der Waals surface area contributed by atoms with Crippen LogP contribution in [0.2, 0.25) is 0 Å². The zero-order valence-corrected chi connectivity index (χ0v) is 5.50. The summed E-state index contributed by atoms with van der Waals surface area (Å²) in [6.45, 7) is 1.64. The molecule has 0 amide bonds. The summed E-state index contributed by atoms with van der Waals surface area (Å²) in [5.41, 5.74) is 0.516. The molecule has 1 aromatic rings. The van der Waals surface area contributed by atoms with Gasteiger partial charge in [-0.25, -0.2) is 0 Å². The molecule has 0 radical (unpaired) electrons. The molecule has 3 N–H and O–H groups in total. The highest BCUT2D eigenvalue weighted by Crippen LogP contribution is 1.99. The molecule has 1 heterocycles. The van der Waals surface area contributed by atoms with Crippen LogP contribution in [0.3, 0.4) is 0 Å². The zero-order valence-electron chi connectivity index (χ0n) is 5.50. The van der Waals surface area contributed by atoms with E-state index in [1.165, 1.54) is 6.07 Å². The third-order valence-electron chi connectivity index (χ3n) is 1.24. The molecule has 0 saturated carbocycles. The number of hydrogen-bond acceptors (Lipinski definition) is 3. The summed E-state index contributed by atoms with van der Waals surface area (Å²) < 4.78 is 0.771. The van der Waals surface area contributed by atoms with Gasteiger partial charge in [-0.05, 0) is 13.0 Å². The molecule has 0 aliphatic heterocycles. The summed E-state index contributed by atoms with van der Waals surface area (Å²) >= 11 is 0. The minimum Gasteiger partial charge on any atom is -0.504 e. The molecule has 0 aliphatic rings. The van der Waals surface area contributed by atoms with Crippen molar-refractivity contribution in [1.82, 2.24) is 4.73 Å². The van der Waals surface area contributed by atoms with E-state index < -0.39 is 0 Å². The van der Waals surface area contributed by atoms with Crippen molar-refractivity contribution < 1.29 is 10.3 Å². The van der Waals surface area contributed by atoms with Crippen LogP contribution < -0.4 is 5.36 Å². The molecule has 0 atom stereocenters. The lowest BCUT2D eigenvalue weighted by Gasteiger charge is -2.01. The lowest BCUT2D eigenvalue weighted by Crippen LogP contribution is -2.06. The van der Waals surface area contributed by atoms with E-state index in [4.69, 9.17) is 15.7 Å². The largest absolute Gasteiger partial charge is 0.504 e. The first-order valence-corrected chi connectivity index (χ1v) is 2.77. The van der Waals surface area contributed by atoms with Crippen LogP contribution in [-0.4, -0.2) is 15.0 Å². The maximum atomic E-state index is 8.90. The molecule has 4 nitrogen and oxygen atoms in total. The highest BCUT2D eigenvalue weighted by molar-refractivity contribution is 5.16. The average molecular weight is 140 g/mol. The van der Waals surface area contributed by atoms with Gasteiger partial charge in [0.25, 0.3) is 0 Å². The Kier molecular flexibility index (Phi) is 1.37. The van der Waals surface area contributed by atoms with Gasteiger partial charge < -0.3 is 10.3 Å². The highest BCUT2D eigenvalue weighted by Gasteiger charge is 1.95. The number of aromatic hydroxyl groups is 1. The Morgan fingerprint density at radius 1 is 1.60 bits per heavy atom. The van der Waals surface area contributed by atoms with Crippen LogP contribution in [0.1, 0.15) is 5.69 Å². The van der Waals surface area contributed by atoms with E-state index in [2.05, 4.69) is 0 Å². The molecule has 1 rings (SSSR count). The fraction of sp³-hybridized carbons (Fsp3) is 0.167. The molecule has 1 aromatic heterocycles. The van der Waals surface area contributed by atoms with E-state index in [-0.39, 0.29) is 11.1 Å². The minimum absolute atomic E-state index is 0.0165. The second-order valence-corrected chi connectivity index (χ2v) is 2.06. The first-order valence-electron chi connectivity index (χ1n) is 2.77. The Bertz CT molecular complexity index is 303. The predicted octanol–water partition coefficient (Wildman–Crippen LogP) is 0.219. The zero-order chi connectivity index (χ0) is 7.72. The van der Waals surface area contributed by atoms with E-state index >= 15 is 0 Å². The van der Waals surface area contributed by atoms with Crippen LogP contribution in [0.15, 0.2) is 12.3 Å². The third-order valence-corrected chi connectivity index (χ3v) is 1.24. The van der Waals surface area contributed by atoms with E-state index in [9.17, 15) is 0 Å². The fourth-order valence-electron chi connectivity index (χ4n) is 0.636. The number of aryl methyl sites for hydroxylation is 1. The first-order chi connectivity index (χ1) is 4.61. The summed E-state index contributed by atoms with van der Waals surface area (Å²) in [7, 11) is 0. The van der Waals surface area contributed by atoms with Crippen molar-refractivity contribution in [3.8, 4) is 5.75 Å². The molecular formula is C6H8N2O2. The molecule has 0 fully saturated rings. The Hall–Kier alpha value is -1.45. The van der Waals surface area contributed by atoms with Crippen molar-refractivity contribution in [2.45, 2.75) is 6.92 Å². The van der Waals surface area contributed by atoms with Gasteiger partial charge >= 0.3 is 0 Å². The maximum absolute atomic E-state index is 8.90. The monoisotopic (exact) mass is 140 g/mol. The van der Waals surface area contributed by atoms with Gasteiger partial charge in [0.15, 0.2) is 5.75 Å². The Labute approximate surface area is 57.5 Å². The van der Waals surface area contributed by atoms with Crippen LogP contribution in [-0.2, 0) is 0 Å². The van der Waals surface area contributed by atoms with Gasteiger partial charge in [0, 0.05) is 0 Å². The quantitative estimate of drug-likeness (QED) is 0.451. The van der Waals surface area contributed by atoms with Crippen LogP contribution in [0, 0.1) is 12.3 Å². The van der Waals surface area contributed by atoms with Gasteiger partial charge in [-0.3, -0.25) is 5.41 Å². The number of rotatable bonds is 0. The van der Waals surface area contributed by atoms with Crippen LogP contribution in [0.4, 0.5) is 0 Å². The van der Waals surface area contributed by atoms with Gasteiger partial charge in [0.05, 0.1) is 17.2 Å². The standard InChI is InChI=1S/C6H8N2O2/c1-4-2-5(7)6(9)3-8(4)10/h2-3,7,9-10H,1H3. The number of aromatic nitrogens is 1. The van der Waals surface area contributed by atoms with Gasteiger partial charge in [0.1, 0.15) is 0 Å². The molecule has 4 heteroatoms. The molecule has 54 valence electrons. The van der Waals surface area contributed by atoms with Crippen molar-refractivity contribution in [3.05, 3.63) is 23.3 Å². The Morgan fingerprint density at radius 2 is 2.20 bits per heavy atom. The maximum Gasteiger partial charge on any atom is 0.160 e. The van der Waals surface area contributed by atoms with Gasteiger partial charge in [-0.2, -0.15) is 4.73 Å². The van der Waals surface area contributed by atoms with E-state index in [0.717, 1.165) is 10.9 Å². The third kappa shape index (κ3) is 0.953. The molecule has 10 heavy (non-hydrogen) atoms. The second kappa shape index (κ2) is 2.06. The molecule has 0 bridgehead atoms. The lowest BCUT2D eigenvalue weighted by molar-refractivity contribution is 0.174. The van der Waals surface area contributed by atoms with Crippen LogP contribution in [0.25, 0.3) is 0 Å². The SMILES string of the molecule is Cc1cc(=N)c(O)cn1O. The van der Waals surface area contributed by atoms with E-state index in [0.29, 0.717) is 5.69 Å². The smallest absolute Gasteiger partial charge is 0.160 e. The summed E-state index contributed by atoms with van der Waals surface area (Å²) in [6.07, 6.45) is 1.08. The molecule has 0 unspecified atom stereocenters. The van der Waals surface area contributed by atoms with E-state index in [1.54, 1.807) is 6.92 Å². The summed E-state index contributed by atoms with van der Waals surface area (Å²) in [5.74, 6) is -0.229. The Balaban J connectivity index is 3.43. The number of hydrogen-bond donors (Lipinski definition) is 3. The van der Waals surface area contributed by atoms with Gasteiger partial charge in [-0.1, -0.05) is 0 Å². The molecule has 0 saturated heterocycles. The van der Waals surface area contributed by atoms with Gasteiger partial charge in [0.2, 0.25) is 0 Å². The fourth-order valence-corrected chi connectivity index (χ4v) is 0.636. The average Bonchev–Trinajstić information content (AvgIpc) is 1.84. The predicted molar refractivity (Wildman–Crippen MR) is 33.9 cm³/mol. The van der Waals surface area contributed by atoms with Gasteiger partial charge in [-0.15, -0.1) is 0 Å². The van der Waals surface area contributed by atoms with Crippen LogP contribution >= 0.6 is 0 Å². The minimum atomic E-state index is -0.229. The Morgan fingerprint density at radius 3 is 2.70 bits per heavy atom. The molecular weight excluding hydrogens is 132 g/mol. The van der Waals surface area contributed by atoms with Crippen molar-refractivity contribution in [1.29, 1.82) is 5.41 Å². The van der Waals surface area contributed by atoms with Crippen LogP contribution in [0.5, 0.6) is 5.75 Å². The number of nitrogens with one attached hydrogen (secondary N) is 1. The number of nitrogens with zero attached hydrogens (tertiary/aromatic N) is 1.